The molecule has 0 spiro atoms. The molecule has 0 radical (unpaired) electrons. The highest BCUT2D eigenvalue weighted by Gasteiger charge is 2.13. The maximum Gasteiger partial charge on any atom is 0.284 e. The van der Waals surface area contributed by atoms with E-state index in [2.05, 4.69) is 52.4 Å². The van der Waals surface area contributed by atoms with Crippen molar-refractivity contribution in [2.45, 2.75) is 5.22 Å². The zero-order valence-electron chi connectivity index (χ0n) is 11.3. The van der Waals surface area contributed by atoms with E-state index in [1.807, 2.05) is 0 Å². The summed E-state index contributed by atoms with van der Waals surface area (Å²) in [6, 6.07) is 5.23. The monoisotopic (exact) mass is 458 g/mol. The summed E-state index contributed by atoms with van der Waals surface area (Å²) in [7, 11) is 0. The quantitative estimate of drug-likeness (QED) is 0.576. The first-order valence-electron chi connectivity index (χ1n) is 6.23. The number of carbonyl (C=O) groups is 1. The molecule has 0 bridgehead atoms. The summed E-state index contributed by atoms with van der Waals surface area (Å²) in [6.45, 7) is 0. The SMILES string of the molecule is O=C(CSc1nnc(-c2ccco2)o1)Nc1ncc(Br)cc1Br. The standard InChI is InChI=1S/C13H8Br2N4O3S/c14-7-4-8(15)11(16-5-7)17-10(20)6-23-13-19-18-12(22-13)9-2-1-3-21-9/h1-5H,6H2,(H,16,17,20). The normalized spacial score (nSPS) is 10.7. The van der Waals surface area contributed by atoms with Crippen LogP contribution in [0.25, 0.3) is 11.7 Å². The Labute approximate surface area is 151 Å². The average molecular weight is 460 g/mol. The molecule has 118 valence electrons. The Kier molecular flexibility index (Phi) is 5.13. The first-order valence-corrected chi connectivity index (χ1v) is 8.80. The van der Waals surface area contributed by atoms with Gasteiger partial charge in [0.2, 0.25) is 5.91 Å². The van der Waals surface area contributed by atoms with Gasteiger partial charge in [-0.3, -0.25) is 4.79 Å². The smallest absolute Gasteiger partial charge is 0.284 e. The second kappa shape index (κ2) is 7.28. The molecule has 0 saturated carbocycles. The third kappa shape index (κ3) is 4.21. The van der Waals surface area contributed by atoms with E-state index in [0.717, 1.165) is 16.2 Å². The average Bonchev–Trinajstić information content (AvgIpc) is 3.18. The van der Waals surface area contributed by atoms with Crippen LogP contribution in [0, 0.1) is 0 Å². The third-order valence-corrected chi connectivity index (χ3v) is 4.39. The van der Waals surface area contributed by atoms with E-state index < -0.39 is 0 Å². The number of furan rings is 1. The zero-order chi connectivity index (χ0) is 16.2. The molecule has 1 amide bonds. The van der Waals surface area contributed by atoms with Crippen molar-refractivity contribution in [2.24, 2.45) is 0 Å². The molecule has 1 N–H and O–H groups in total. The molecule has 10 heteroatoms. The van der Waals surface area contributed by atoms with Crippen LogP contribution in [0.4, 0.5) is 5.82 Å². The highest BCUT2D eigenvalue weighted by atomic mass is 79.9. The van der Waals surface area contributed by atoms with E-state index in [4.69, 9.17) is 8.83 Å². The molecule has 0 aliphatic rings. The fraction of sp³-hybridized carbons (Fsp3) is 0.0769. The molecule has 3 heterocycles. The van der Waals surface area contributed by atoms with Crippen molar-refractivity contribution in [3.05, 3.63) is 39.6 Å². The number of anilines is 1. The van der Waals surface area contributed by atoms with Gasteiger partial charge in [0, 0.05) is 10.7 Å². The van der Waals surface area contributed by atoms with E-state index in [9.17, 15) is 4.79 Å². The summed E-state index contributed by atoms with van der Waals surface area (Å²) in [5.74, 6) is 1.08. The highest BCUT2D eigenvalue weighted by Crippen LogP contribution is 2.25. The summed E-state index contributed by atoms with van der Waals surface area (Å²) in [5, 5.41) is 10.7. The van der Waals surface area contributed by atoms with Gasteiger partial charge in [0.25, 0.3) is 11.1 Å². The van der Waals surface area contributed by atoms with Gasteiger partial charge in [-0.2, -0.15) is 0 Å². The van der Waals surface area contributed by atoms with E-state index in [-0.39, 0.29) is 22.8 Å². The number of amides is 1. The lowest BCUT2D eigenvalue weighted by Gasteiger charge is -2.05. The fourth-order valence-electron chi connectivity index (χ4n) is 1.57. The van der Waals surface area contributed by atoms with E-state index in [0.29, 0.717) is 16.1 Å². The molecule has 0 aromatic carbocycles. The van der Waals surface area contributed by atoms with Crippen molar-refractivity contribution < 1.29 is 13.6 Å². The van der Waals surface area contributed by atoms with Gasteiger partial charge < -0.3 is 14.2 Å². The Morgan fingerprint density at radius 2 is 2.22 bits per heavy atom. The van der Waals surface area contributed by atoms with Crippen LogP contribution in [0.15, 0.2) is 53.7 Å². The molecule has 0 atom stereocenters. The Hall–Kier alpha value is -1.65. The van der Waals surface area contributed by atoms with Gasteiger partial charge in [0.15, 0.2) is 5.76 Å². The Bertz CT molecular complexity index is 823. The first kappa shape index (κ1) is 16.2. The van der Waals surface area contributed by atoms with Crippen LogP contribution < -0.4 is 5.32 Å². The molecule has 3 aromatic rings. The Morgan fingerprint density at radius 1 is 1.35 bits per heavy atom. The van der Waals surface area contributed by atoms with Crippen LogP contribution in [0.3, 0.4) is 0 Å². The van der Waals surface area contributed by atoms with Crippen molar-refractivity contribution in [1.82, 2.24) is 15.2 Å². The maximum absolute atomic E-state index is 11.9. The van der Waals surface area contributed by atoms with Crippen molar-refractivity contribution in [3.8, 4) is 11.7 Å². The number of halogens is 2. The molecule has 3 aromatic heterocycles. The van der Waals surface area contributed by atoms with Gasteiger partial charge in [-0.25, -0.2) is 4.98 Å². The Morgan fingerprint density at radius 3 is 2.96 bits per heavy atom. The van der Waals surface area contributed by atoms with E-state index in [1.165, 1.54) is 6.26 Å². The molecule has 0 aliphatic heterocycles. The van der Waals surface area contributed by atoms with Crippen molar-refractivity contribution >= 4 is 55.3 Å². The van der Waals surface area contributed by atoms with Gasteiger partial charge in [-0.1, -0.05) is 11.8 Å². The van der Waals surface area contributed by atoms with E-state index >= 15 is 0 Å². The largest absolute Gasteiger partial charge is 0.459 e. The number of thioether (sulfide) groups is 1. The van der Waals surface area contributed by atoms with Crippen molar-refractivity contribution in [3.63, 3.8) is 0 Å². The zero-order valence-corrected chi connectivity index (χ0v) is 15.3. The number of nitrogens with zero attached hydrogens (tertiary/aromatic N) is 3. The van der Waals surface area contributed by atoms with Crippen LogP contribution in [0.1, 0.15) is 0 Å². The lowest BCUT2D eigenvalue weighted by Crippen LogP contribution is -2.15. The molecule has 3 rings (SSSR count). The molecule has 7 nitrogen and oxygen atoms in total. The Balaban J connectivity index is 1.57. The number of hydrogen-bond donors (Lipinski definition) is 1. The first-order chi connectivity index (χ1) is 11.1. The maximum atomic E-state index is 11.9. The number of pyridine rings is 1. The topological polar surface area (TPSA) is 94.0 Å². The summed E-state index contributed by atoms with van der Waals surface area (Å²) in [6.07, 6.45) is 3.12. The summed E-state index contributed by atoms with van der Waals surface area (Å²) < 4.78 is 12.1. The molecular weight excluding hydrogens is 452 g/mol. The second-order valence-electron chi connectivity index (χ2n) is 4.17. The minimum atomic E-state index is -0.233. The number of aromatic nitrogens is 3. The summed E-state index contributed by atoms with van der Waals surface area (Å²) in [4.78, 5) is 16.1. The van der Waals surface area contributed by atoms with Gasteiger partial charge >= 0.3 is 0 Å². The molecule has 0 fully saturated rings. The van der Waals surface area contributed by atoms with Gasteiger partial charge in [0.1, 0.15) is 5.82 Å². The number of hydrogen-bond acceptors (Lipinski definition) is 7. The number of carbonyl (C=O) groups excluding carboxylic acids is 1. The predicted octanol–water partition coefficient (Wildman–Crippen LogP) is 3.98. The predicted molar refractivity (Wildman–Crippen MR) is 91.0 cm³/mol. The van der Waals surface area contributed by atoms with Crippen LogP contribution in [0.5, 0.6) is 0 Å². The minimum Gasteiger partial charge on any atom is -0.459 e. The van der Waals surface area contributed by atoms with Crippen LogP contribution >= 0.6 is 43.6 Å². The summed E-state index contributed by atoms with van der Waals surface area (Å²) >= 11 is 7.76. The lowest BCUT2D eigenvalue weighted by atomic mass is 10.4. The third-order valence-electron chi connectivity index (χ3n) is 2.53. The second-order valence-corrected chi connectivity index (χ2v) is 6.87. The van der Waals surface area contributed by atoms with E-state index in [1.54, 1.807) is 24.4 Å². The van der Waals surface area contributed by atoms with Gasteiger partial charge in [-0.05, 0) is 50.1 Å². The van der Waals surface area contributed by atoms with Crippen LogP contribution in [-0.4, -0.2) is 26.8 Å². The lowest BCUT2D eigenvalue weighted by molar-refractivity contribution is -0.113. The van der Waals surface area contributed by atoms with Crippen molar-refractivity contribution in [1.29, 1.82) is 0 Å². The van der Waals surface area contributed by atoms with Gasteiger partial charge in [0.05, 0.1) is 16.5 Å². The fourth-order valence-corrected chi connectivity index (χ4v) is 3.22. The molecule has 0 saturated heterocycles. The minimum absolute atomic E-state index is 0.115. The number of rotatable bonds is 5. The summed E-state index contributed by atoms with van der Waals surface area (Å²) in [5.41, 5.74) is 0. The molecular formula is C13H8Br2N4O3S. The molecule has 0 unspecified atom stereocenters. The molecule has 0 aliphatic carbocycles. The highest BCUT2D eigenvalue weighted by molar-refractivity contribution is 9.11. The van der Waals surface area contributed by atoms with Crippen molar-refractivity contribution in [2.75, 3.05) is 11.1 Å². The van der Waals surface area contributed by atoms with Gasteiger partial charge in [-0.15, -0.1) is 10.2 Å². The molecule has 23 heavy (non-hydrogen) atoms. The van der Waals surface area contributed by atoms with Crippen LogP contribution in [0.2, 0.25) is 0 Å². The number of nitrogens with one attached hydrogen (secondary N) is 1. The van der Waals surface area contributed by atoms with Crippen LogP contribution in [-0.2, 0) is 4.79 Å².